The number of pyridine rings is 2. The van der Waals surface area contributed by atoms with Crippen LogP contribution < -0.4 is 4.90 Å². The van der Waals surface area contributed by atoms with Crippen molar-refractivity contribution in [3.05, 3.63) is 47.8 Å². The van der Waals surface area contributed by atoms with E-state index in [0.717, 1.165) is 22.8 Å². The van der Waals surface area contributed by atoms with Crippen LogP contribution >= 0.6 is 0 Å². The third-order valence-corrected chi connectivity index (χ3v) is 2.60. The molecule has 3 nitrogen and oxygen atoms in total. The van der Waals surface area contributed by atoms with E-state index in [-0.39, 0.29) is 0 Å². The van der Waals surface area contributed by atoms with Gasteiger partial charge in [0.05, 0.1) is 0 Å². The van der Waals surface area contributed by atoms with Crippen LogP contribution in [0.4, 0.5) is 11.6 Å². The van der Waals surface area contributed by atoms with E-state index in [1.165, 1.54) is 0 Å². The average molecular weight is 213 g/mol. The van der Waals surface area contributed by atoms with Gasteiger partial charge >= 0.3 is 0 Å². The minimum Gasteiger partial charge on any atom is -0.314 e. The van der Waals surface area contributed by atoms with Crippen molar-refractivity contribution in [1.82, 2.24) is 9.97 Å². The van der Waals surface area contributed by atoms with Gasteiger partial charge in [-0.3, -0.25) is 0 Å². The highest BCUT2D eigenvalue weighted by Crippen LogP contribution is 2.24. The van der Waals surface area contributed by atoms with Crippen molar-refractivity contribution in [1.29, 1.82) is 0 Å². The molecule has 0 fully saturated rings. The van der Waals surface area contributed by atoms with Crippen molar-refractivity contribution in [2.24, 2.45) is 0 Å². The molecule has 0 aliphatic carbocycles. The van der Waals surface area contributed by atoms with Crippen LogP contribution in [-0.4, -0.2) is 17.0 Å². The molecule has 0 amide bonds. The molecule has 0 aliphatic heterocycles. The lowest BCUT2D eigenvalue weighted by atomic mass is 10.2. The molecule has 2 heterocycles. The first-order valence-corrected chi connectivity index (χ1v) is 5.27. The van der Waals surface area contributed by atoms with Gasteiger partial charge in [-0.15, -0.1) is 0 Å². The molecule has 0 spiro atoms. The van der Waals surface area contributed by atoms with Crippen LogP contribution in [-0.2, 0) is 0 Å². The zero-order chi connectivity index (χ0) is 11.5. The van der Waals surface area contributed by atoms with E-state index in [1.54, 1.807) is 12.4 Å². The van der Waals surface area contributed by atoms with Crippen LogP contribution in [0.25, 0.3) is 0 Å². The van der Waals surface area contributed by atoms with Crippen molar-refractivity contribution in [2.45, 2.75) is 13.8 Å². The van der Waals surface area contributed by atoms with E-state index >= 15 is 0 Å². The van der Waals surface area contributed by atoms with Gasteiger partial charge < -0.3 is 4.90 Å². The molecule has 16 heavy (non-hydrogen) atoms. The van der Waals surface area contributed by atoms with Crippen molar-refractivity contribution in [3.63, 3.8) is 0 Å². The Bertz CT molecular complexity index is 449. The van der Waals surface area contributed by atoms with Crippen molar-refractivity contribution in [2.75, 3.05) is 11.9 Å². The van der Waals surface area contributed by atoms with Crippen molar-refractivity contribution >= 4 is 11.6 Å². The summed E-state index contributed by atoms with van der Waals surface area (Å²) < 4.78 is 0. The fourth-order valence-electron chi connectivity index (χ4n) is 1.76. The number of hydrogen-bond acceptors (Lipinski definition) is 3. The molecule has 0 saturated carbocycles. The Morgan fingerprint density at radius 1 is 0.875 bits per heavy atom. The zero-order valence-corrected chi connectivity index (χ0v) is 9.81. The lowest BCUT2D eigenvalue weighted by Crippen LogP contribution is -2.15. The second-order valence-electron chi connectivity index (χ2n) is 3.85. The van der Waals surface area contributed by atoms with E-state index in [1.807, 2.05) is 24.1 Å². The van der Waals surface area contributed by atoms with Gasteiger partial charge in [0.1, 0.15) is 11.6 Å². The number of hydrogen-bond donors (Lipinski definition) is 0. The van der Waals surface area contributed by atoms with Crippen LogP contribution in [0.5, 0.6) is 0 Å². The van der Waals surface area contributed by atoms with Gasteiger partial charge in [0.25, 0.3) is 0 Å². The first-order chi connectivity index (χ1) is 7.70. The molecule has 0 radical (unpaired) electrons. The summed E-state index contributed by atoms with van der Waals surface area (Å²) in [5.74, 6) is 1.90. The summed E-state index contributed by atoms with van der Waals surface area (Å²) >= 11 is 0. The van der Waals surface area contributed by atoms with E-state index < -0.39 is 0 Å². The maximum atomic E-state index is 4.38. The van der Waals surface area contributed by atoms with Gasteiger partial charge in [-0.05, 0) is 37.1 Å². The predicted octanol–water partition coefficient (Wildman–Crippen LogP) is 2.86. The fourth-order valence-corrected chi connectivity index (χ4v) is 1.76. The first kappa shape index (κ1) is 10.6. The van der Waals surface area contributed by atoms with Crippen molar-refractivity contribution < 1.29 is 0 Å². The number of aromatic nitrogens is 2. The Labute approximate surface area is 95.8 Å². The molecule has 0 aliphatic rings. The molecule has 82 valence electrons. The summed E-state index contributed by atoms with van der Waals surface area (Å²) in [5, 5.41) is 0. The quantitative estimate of drug-likeness (QED) is 0.768. The van der Waals surface area contributed by atoms with Gasteiger partial charge in [0, 0.05) is 19.4 Å². The minimum absolute atomic E-state index is 0.948. The molecule has 3 heteroatoms. The van der Waals surface area contributed by atoms with Crippen LogP contribution in [0.3, 0.4) is 0 Å². The zero-order valence-electron chi connectivity index (χ0n) is 9.81. The van der Waals surface area contributed by atoms with Crippen LogP contribution in [0, 0.1) is 13.8 Å². The number of anilines is 2. The third kappa shape index (κ3) is 1.89. The molecular formula is C13H15N3. The van der Waals surface area contributed by atoms with E-state index in [2.05, 4.69) is 35.9 Å². The van der Waals surface area contributed by atoms with E-state index in [9.17, 15) is 0 Å². The molecule has 0 unspecified atom stereocenters. The van der Waals surface area contributed by atoms with Gasteiger partial charge in [0.2, 0.25) is 0 Å². The topological polar surface area (TPSA) is 29.0 Å². The highest BCUT2D eigenvalue weighted by atomic mass is 15.2. The van der Waals surface area contributed by atoms with Crippen molar-refractivity contribution in [3.8, 4) is 0 Å². The molecule has 2 aromatic heterocycles. The molecule has 0 atom stereocenters. The SMILES string of the molecule is Cc1cccnc1N(C)c1ncccc1C. The normalized spacial score (nSPS) is 10.2. The lowest BCUT2D eigenvalue weighted by Gasteiger charge is -2.20. The smallest absolute Gasteiger partial charge is 0.136 e. The minimum atomic E-state index is 0.948. The maximum Gasteiger partial charge on any atom is 0.136 e. The highest BCUT2D eigenvalue weighted by molar-refractivity contribution is 5.60. The first-order valence-electron chi connectivity index (χ1n) is 5.27. The molecule has 2 aromatic rings. The molecule has 0 saturated heterocycles. The lowest BCUT2D eigenvalue weighted by molar-refractivity contribution is 1.05. The number of aryl methyl sites for hydroxylation is 2. The highest BCUT2D eigenvalue weighted by Gasteiger charge is 2.10. The molecular weight excluding hydrogens is 198 g/mol. The predicted molar refractivity (Wildman–Crippen MR) is 66.0 cm³/mol. The number of rotatable bonds is 2. The van der Waals surface area contributed by atoms with E-state index in [4.69, 9.17) is 0 Å². The molecule has 0 bridgehead atoms. The fraction of sp³-hybridized carbons (Fsp3) is 0.231. The summed E-state index contributed by atoms with van der Waals surface area (Å²) in [6.07, 6.45) is 3.61. The Hall–Kier alpha value is -1.90. The Balaban J connectivity index is 2.44. The van der Waals surface area contributed by atoms with Gasteiger partial charge in [-0.2, -0.15) is 0 Å². The monoisotopic (exact) mass is 213 g/mol. The van der Waals surface area contributed by atoms with Crippen LogP contribution in [0.1, 0.15) is 11.1 Å². The Kier molecular flexibility index (Phi) is 2.86. The average Bonchev–Trinajstić information content (AvgIpc) is 2.29. The molecule has 2 rings (SSSR count). The number of nitrogens with zero attached hydrogens (tertiary/aromatic N) is 3. The van der Waals surface area contributed by atoms with Crippen LogP contribution in [0.15, 0.2) is 36.7 Å². The summed E-state index contributed by atoms with van der Waals surface area (Å²) in [7, 11) is 1.99. The van der Waals surface area contributed by atoms with Gasteiger partial charge in [-0.1, -0.05) is 12.1 Å². The summed E-state index contributed by atoms with van der Waals surface area (Å²) in [6, 6.07) is 7.99. The third-order valence-electron chi connectivity index (χ3n) is 2.60. The maximum absolute atomic E-state index is 4.38. The summed E-state index contributed by atoms with van der Waals surface area (Å²) in [5.41, 5.74) is 2.30. The molecule has 0 aromatic carbocycles. The Morgan fingerprint density at radius 2 is 1.31 bits per heavy atom. The second kappa shape index (κ2) is 4.31. The standard InChI is InChI=1S/C13H15N3/c1-10-6-4-8-14-12(10)16(3)13-11(2)7-5-9-15-13/h4-9H,1-3H3. The molecule has 0 N–H and O–H groups in total. The van der Waals surface area contributed by atoms with Gasteiger partial charge in [0.15, 0.2) is 0 Å². The van der Waals surface area contributed by atoms with E-state index in [0.29, 0.717) is 0 Å². The van der Waals surface area contributed by atoms with Crippen LogP contribution in [0.2, 0.25) is 0 Å². The van der Waals surface area contributed by atoms with Gasteiger partial charge in [-0.25, -0.2) is 9.97 Å². The summed E-state index contributed by atoms with van der Waals surface area (Å²) in [4.78, 5) is 10.8. The Morgan fingerprint density at radius 3 is 1.69 bits per heavy atom. The summed E-state index contributed by atoms with van der Waals surface area (Å²) in [6.45, 7) is 4.11. The largest absolute Gasteiger partial charge is 0.314 e. The second-order valence-corrected chi connectivity index (χ2v) is 3.85.